The number of hydrogen-bond acceptors (Lipinski definition) is 2. The summed E-state index contributed by atoms with van der Waals surface area (Å²) in [5.74, 6) is 0. The molecule has 0 aliphatic carbocycles. The van der Waals surface area contributed by atoms with Crippen LogP contribution >= 0.6 is 0 Å². The van der Waals surface area contributed by atoms with Gasteiger partial charge in [-0.1, -0.05) is 0 Å². The van der Waals surface area contributed by atoms with Crippen LogP contribution in [0.2, 0.25) is 0 Å². The van der Waals surface area contributed by atoms with Crippen LogP contribution in [0.25, 0.3) is 0 Å². The Bertz CT molecular complexity index is 167. The Kier molecular flexibility index (Phi) is 2.89. The molecule has 2 bridgehead atoms. The third-order valence-electron chi connectivity index (χ3n) is 3.78. The van der Waals surface area contributed by atoms with E-state index in [1.807, 2.05) is 7.11 Å². The smallest absolute Gasteiger partial charge is 0.0691 e. The summed E-state index contributed by atoms with van der Waals surface area (Å²) < 4.78 is 5.75. The molecule has 2 heteroatoms. The van der Waals surface area contributed by atoms with Crippen LogP contribution in [0.3, 0.4) is 0 Å². The molecule has 0 amide bonds. The highest BCUT2D eigenvalue weighted by molar-refractivity contribution is 4.87. The molecule has 2 unspecified atom stereocenters. The lowest BCUT2D eigenvalue weighted by atomic mass is 9.88. The third kappa shape index (κ3) is 2.05. The number of methoxy groups -OCH3 is 1. The lowest BCUT2D eigenvalue weighted by Crippen LogP contribution is -2.35. The van der Waals surface area contributed by atoms with Gasteiger partial charge >= 0.3 is 0 Å². The van der Waals surface area contributed by atoms with Gasteiger partial charge in [0.2, 0.25) is 0 Å². The molecule has 2 saturated heterocycles. The van der Waals surface area contributed by atoms with Crippen molar-refractivity contribution < 1.29 is 4.74 Å². The molecular formula is C11H21NO. The molecule has 2 aliphatic heterocycles. The number of ether oxygens (including phenoxy) is 1. The third-order valence-corrected chi connectivity index (χ3v) is 3.78. The molecule has 0 aromatic heterocycles. The summed E-state index contributed by atoms with van der Waals surface area (Å²) in [7, 11) is 1.90. The Morgan fingerprint density at radius 1 is 0.923 bits per heavy atom. The van der Waals surface area contributed by atoms with E-state index in [1.54, 1.807) is 0 Å². The molecule has 0 spiro atoms. The molecule has 0 aromatic rings. The van der Waals surface area contributed by atoms with Crippen LogP contribution in [0, 0.1) is 0 Å². The van der Waals surface area contributed by atoms with E-state index < -0.39 is 0 Å². The fourth-order valence-electron chi connectivity index (χ4n) is 2.79. The molecule has 0 aromatic carbocycles. The zero-order valence-electron chi connectivity index (χ0n) is 8.72. The van der Waals surface area contributed by atoms with Crippen LogP contribution in [0.1, 0.15) is 38.5 Å². The van der Waals surface area contributed by atoms with Crippen molar-refractivity contribution >= 4 is 0 Å². The summed E-state index contributed by atoms with van der Waals surface area (Å²) in [6, 6.07) is 0. The van der Waals surface area contributed by atoms with Crippen LogP contribution in [0.5, 0.6) is 0 Å². The van der Waals surface area contributed by atoms with Gasteiger partial charge in [0.25, 0.3) is 0 Å². The average molecular weight is 183 g/mol. The summed E-state index contributed by atoms with van der Waals surface area (Å²) >= 11 is 0. The van der Waals surface area contributed by atoms with E-state index >= 15 is 0 Å². The van der Waals surface area contributed by atoms with E-state index in [0.717, 1.165) is 0 Å². The van der Waals surface area contributed by atoms with Crippen molar-refractivity contribution in [2.24, 2.45) is 0 Å². The zero-order chi connectivity index (χ0) is 9.15. The van der Waals surface area contributed by atoms with Crippen LogP contribution in [0.15, 0.2) is 0 Å². The first-order valence-corrected chi connectivity index (χ1v) is 5.62. The molecule has 0 radical (unpaired) electrons. The van der Waals surface area contributed by atoms with E-state index in [0.29, 0.717) is 0 Å². The minimum atomic E-state index is 0.245. The fourth-order valence-corrected chi connectivity index (χ4v) is 2.79. The minimum absolute atomic E-state index is 0.245. The quantitative estimate of drug-likeness (QED) is 0.617. The molecule has 76 valence electrons. The maximum Gasteiger partial charge on any atom is 0.0691 e. The van der Waals surface area contributed by atoms with Crippen LogP contribution in [-0.2, 0) is 4.74 Å². The van der Waals surface area contributed by atoms with E-state index in [-0.39, 0.29) is 5.60 Å². The second-order valence-corrected chi connectivity index (χ2v) is 4.54. The summed E-state index contributed by atoms with van der Waals surface area (Å²) in [5, 5.41) is 0. The second-order valence-electron chi connectivity index (χ2n) is 4.54. The van der Waals surface area contributed by atoms with Gasteiger partial charge in [-0.2, -0.15) is 0 Å². The highest BCUT2D eigenvalue weighted by atomic mass is 16.5. The molecule has 0 N–H and O–H groups in total. The van der Waals surface area contributed by atoms with E-state index in [9.17, 15) is 0 Å². The normalized spacial score (nSPS) is 40.8. The Labute approximate surface area is 81.3 Å². The van der Waals surface area contributed by atoms with E-state index in [4.69, 9.17) is 4.74 Å². The molecule has 0 saturated carbocycles. The van der Waals surface area contributed by atoms with Crippen molar-refractivity contribution in [3.63, 3.8) is 0 Å². The Hall–Kier alpha value is -0.0800. The monoisotopic (exact) mass is 183 g/mol. The van der Waals surface area contributed by atoms with Gasteiger partial charge in [0.15, 0.2) is 0 Å². The predicted molar refractivity (Wildman–Crippen MR) is 53.9 cm³/mol. The van der Waals surface area contributed by atoms with Crippen molar-refractivity contribution in [1.82, 2.24) is 4.90 Å². The molecule has 2 nitrogen and oxygen atoms in total. The fraction of sp³-hybridized carbons (Fsp3) is 1.00. The largest absolute Gasteiger partial charge is 0.378 e. The van der Waals surface area contributed by atoms with Crippen LogP contribution in [0.4, 0.5) is 0 Å². The second kappa shape index (κ2) is 3.97. The molecule has 2 atom stereocenters. The standard InChI is InChI=1S/C11H21NO/c1-13-11-5-2-3-8-12(10-7-11)9-4-6-11/h2-10H2,1H3. The first-order valence-electron chi connectivity index (χ1n) is 5.62. The molecule has 2 aliphatic rings. The van der Waals surface area contributed by atoms with Gasteiger partial charge in [0, 0.05) is 13.7 Å². The van der Waals surface area contributed by atoms with Gasteiger partial charge < -0.3 is 9.64 Å². The first kappa shape index (κ1) is 9.47. The molecule has 13 heavy (non-hydrogen) atoms. The van der Waals surface area contributed by atoms with E-state index in [1.165, 1.54) is 58.2 Å². The first-order chi connectivity index (χ1) is 6.35. The lowest BCUT2D eigenvalue weighted by Gasteiger charge is -2.33. The number of fused-ring (bicyclic) bond motifs is 3. The average Bonchev–Trinajstić information content (AvgIpc) is 2.26. The summed E-state index contributed by atoms with van der Waals surface area (Å²) in [6.07, 6.45) is 7.87. The van der Waals surface area contributed by atoms with Gasteiger partial charge in [0.05, 0.1) is 5.60 Å². The van der Waals surface area contributed by atoms with Crippen LogP contribution < -0.4 is 0 Å². The van der Waals surface area contributed by atoms with Crippen molar-refractivity contribution in [1.29, 1.82) is 0 Å². The number of rotatable bonds is 1. The number of nitrogens with zero attached hydrogens (tertiary/aromatic N) is 1. The van der Waals surface area contributed by atoms with Crippen molar-refractivity contribution in [2.45, 2.75) is 44.1 Å². The highest BCUT2D eigenvalue weighted by Crippen LogP contribution is 2.32. The van der Waals surface area contributed by atoms with Crippen LogP contribution in [-0.4, -0.2) is 37.2 Å². The van der Waals surface area contributed by atoms with E-state index in [2.05, 4.69) is 4.90 Å². The Balaban J connectivity index is 2.08. The molecule has 2 heterocycles. The van der Waals surface area contributed by atoms with Crippen molar-refractivity contribution in [2.75, 3.05) is 26.7 Å². The summed E-state index contributed by atoms with van der Waals surface area (Å²) in [5.41, 5.74) is 0.245. The van der Waals surface area contributed by atoms with Gasteiger partial charge in [0.1, 0.15) is 0 Å². The molecule has 2 rings (SSSR count). The van der Waals surface area contributed by atoms with Crippen molar-refractivity contribution in [3.8, 4) is 0 Å². The number of hydrogen-bond donors (Lipinski definition) is 0. The maximum absolute atomic E-state index is 5.75. The lowest BCUT2D eigenvalue weighted by molar-refractivity contribution is -0.0337. The van der Waals surface area contributed by atoms with Gasteiger partial charge in [-0.25, -0.2) is 0 Å². The van der Waals surface area contributed by atoms with Crippen molar-refractivity contribution in [3.05, 3.63) is 0 Å². The summed E-state index contributed by atoms with van der Waals surface area (Å²) in [4.78, 5) is 2.61. The highest BCUT2D eigenvalue weighted by Gasteiger charge is 2.33. The predicted octanol–water partition coefficient (Wildman–Crippen LogP) is 2.04. The van der Waals surface area contributed by atoms with Gasteiger partial charge in [-0.3, -0.25) is 0 Å². The Morgan fingerprint density at radius 3 is 2.54 bits per heavy atom. The Morgan fingerprint density at radius 2 is 1.69 bits per heavy atom. The van der Waals surface area contributed by atoms with Gasteiger partial charge in [-0.15, -0.1) is 0 Å². The topological polar surface area (TPSA) is 12.5 Å². The minimum Gasteiger partial charge on any atom is -0.378 e. The summed E-state index contributed by atoms with van der Waals surface area (Å²) in [6.45, 7) is 3.87. The molecular weight excluding hydrogens is 162 g/mol. The van der Waals surface area contributed by atoms with Gasteiger partial charge in [-0.05, 0) is 51.6 Å². The SMILES string of the molecule is COC12CCCCN(CCC1)CC2. The molecule has 2 fully saturated rings. The zero-order valence-corrected chi connectivity index (χ0v) is 8.72. The maximum atomic E-state index is 5.75.